The molecule has 1 aromatic rings. The summed E-state index contributed by atoms with van der Waals surface area (Å²) in [5, 5.41) is 0. The van der Waals surface area contributed by atoms with Crippen molar-refractivity contribution in [3.8, 4) is 5.75 Å². The third kappa shape index (κ3) is 3.74. The van der Waals surface area contributed by atoms with E-state index in [1.165, 1.54) is 0 Å². The Labute approximate surface area is 108 Å². The van der Waals surface area contributed by atoms with Gasteiger partial charge < -0.3 is 4.74 Å². The van der Waals surface area contributed by atoms with Gasteiger partial charge in [-0.2, -0.15) is 0 Å². The molecule has 1 aromatic carbocycles. The second-order valence-electron chi connectivity index (χ2n) is 4.32. The number of carbonyl (C=O) groups is 1. The summed E-state index contributed by atoms with van der Waals surface area (Å²) >= 11 is 5.62. The fourth-order valence-corrected chi connectivity index (χ4v) is 1.68. The molecule has 0 aliphatic carbocycles. The maximum atomic E-state index is 11.8. The van der Waals surface area contributed by atoms with Crippen LogP contribution in [0.5, 0.6) is 5.75 Å². The lowest BCUT2D eigenvalue weighted by Crippen LogP contribution is -2.07. The van der Waals surface area contributed by atoms with Crippen LogP contribution in [-0.2, 0) is 0 Å². The molecule has 0 bridgehead atoms. The van der Waals surface area contributed by atoms with E-state index >= 15 is 0 Å². The van der Waals surface area contributed by atoms with Gasteiger partial charge in [0, 0.05) is 0 Å². The topological polar surface area (TPSA) is 26.3 Å². The summed E-state index contributed by atoms with van der Waals surface area (Å²) in [6.07, 6.45) is 0.917. The summed E-state index contributed by atoms with van der Waals surface area (Å²) in [5.74, 6) is 0.934. The fourth-order valence-electron chi connectivity index (χ4n) is 1.53. The molecule has 0 heterocycles. The van der Waals surface area contributed by atoms with Crippen molar-refractivity contribution in [3.05, 3.63) is 29.3 Å². The van der Waals surface area contributed by atoms with Crippen molar-refractivity contribution in [1.82, 2.24) is 0 Å². The molecule has 0 spiro atoms. The van der Waals surface area contributed by atoms with E-state index in [0.717, 1.165) is 12.0 Å². The van der Waals surface area contributed by atoms with Crippen LogP contribution in [-0.4, -0.2) is 18.3 Å². The van der Waals surface area contributed by atoms with Gasteiger partial charge in [0.05, 0.1) is 18.1 Å². The molecule has 0 aliphatic rings. The number of rotatable bonds is 6. The molecule has 0 amide bonds. The quantitative estimate of drug-likeness (QED) is 0.566. The number of ketones is 1. The molecule has 0 aliphatic heterocycles. The van der Waals surface area contributed by atoms with E-state index in [0.29, 0.717) is 23.8 Å². The first-order valence-corrected chi connectivity index (χ1v) is 6.49. The molecular weight excluding hydrogens is 236 g/mol. The predicted octanol–water partition coefficient (Wildman–Crippen LogP) is 4.02. The van der Waals surface area contributed by atoms with Gasteiger partial charge in [-0.1, -0.05) is 26.8 Å². The Bertz CT molecular complexity index is 386. The van der Waals surface area contributed by atoms with Gasteiger partial charge in [0.1, 0.15) is 5.75 Å². The van der Waals surface area contributed by atoms with Crippen molar-refractivity contribution in [1.29, 1.82) is 0 Å². The van der Waals surface area contributed by atoms with E-state index < -0.39 is 0 Å². The van der Waals surface area contributed by atoms with Gasteiger partial charge in [-0.15, -0.1) is 11.6 Å². The predicted molar refractivity (Wildman–Crippen MR) is 71.4 cm³/mol. The van der Waals surface area contributed by atoms with E-state index in [1.54, 1.807) is 0 Å². The first-order chi connectivity index (χ1) is 8.10. The van der Waals surface area contributed by atoms with Gasteiger partial charge in [0.15, 0.2) is 5.78 Å². The Hall–Kier alpha value is -1.02. The number of alkyl halides is 1. The Morgan fingerprint density at radius 3 is 2.65 bits per heavy atom. The zero-order valence-corrected chi connectivity index (χ0v) is 11.4. The van der Waals surface area contributed by atoms with Gasteiger partial charge in [0.2, 0.25) is 0 Å². The zero-order valence-electron chi connectivity index (χ0n) is 10.6. The van der Waals surface area contributed by atoms with E-state index in [4.69, 9.17) is 16.3 Å². The standard InChI is InChI=1S/C14H19ClO2/c1-4-7-17-14-6-5-11(10(2)3)8-12(14)13(16)9-15/h5-6,8,10H,4,7,9H2,1-3H3. The average Bonchev–Trinajstić information content (AvgIpc) is 2.35. The van der Waals surface area contributed by atoms with E-state index in [2.05, 4.69) is 13.8 Å². The summed E-state index contributed by atoms with van der Waals surface area (Å²) in [4.78, 5) is 11.8. The molecule has 3 heteroatoms. The van der Waals surface area contributed by atoms with Crippen molar-refractivity contribution in [2.75, 3.05) is 12.5 Å². The smallest absolute Gasteiger partial charge is 0.181 e. The number of Topliss-reactive ketones (excluding diaryl/α,β-unsaturated/α-hetero) is 1. The Kier molecular flexibility index (Phi) is 5.49. The number of carbonyl (C=O) groups excluding carboxylic acids is 1. The maximum Gasteiger partial charge on any atom is 0.181 e. The molecule has 94 valence electrons. The highest BCUT2D eigenvalue weighted by molar-refractivity contribution is 6.30. The zero-order chi connectivity index (χ0) is 12.8. The first kappa shape index (κ1) is 14.0. The molecule has 0 fully saturated rings. The lowest BCUT2D eigenvalue weighted by Gasteiger charge is -2.13. The third-order valence-electron chi connectivity index (χ3n) is 2.55. The van der Waals surface area contributed by atoms with E-state index in [9.17, 15) is 4.79 Å². The first-order valence-electron chi connectivity index (χ1n) is 5.96. The highest BCUT2D eigenvalue weighted by atomic mass is 35.5. The van der Waals surface area contributed by atoms with E-state index in [-0.39, 0.29) is 11.7 Å². The second kappa shape index (κ2) is 6.65. The third-order valence-corrected chi connectivity index (χ3v) is 2.80. The lowest BCUT2D eigenvalue weighted by atomic mass is 9.99. The van der Waals surface area contributed by atoms with Crippen LogP contribution in [0.1, 0.15) is 49.0 Å². The summed E-state index contributed by atoms with van der Waals surface area (Å²) in [6.45, 7) is 6.84. The minimum absolute atomic E-state index is 0.00989. The van der Waals surface area contributed by atoms with Crippen LogP contribution in [0.3, 0.4) is 0 Å². The summed E-state index contributed by atoms with van der Waals surface area (Å²) in [6, 6.07) is 5.76. The van der Waals surface area contributed by atoms with Crippen LogP contribution in [0.25, 0.3) is 0 Å². The largest absolute Gasteiger partial charge is 0.493 e. The van der Waals surface area contributed by atoms with Gasteiger partial charge in [0.25, 0.3) is 0 Å². The van der Waals surface area contributed by atoms with Crippen LogP contribution in [0.15, 0.2) is 18.2 Å². The maximum absolute atomic E-state index is 11.8. The lowest BCUT2D eigenvalue weighted by molar-refractivity contribution is 0.101. The van der Waals surface area contributed by atoms with Gasteiger partial charge in [-0.25, -0.2) is 0 Å². The number of ether oxygens (including phenoxy) is 1. The molecule has 2 nitrogen and oxygen atoms in total. The number of benzene rings is 1. The molecule has 17 heavy (non-hydrogen) atoms. The number of halogens is 1. The molecule has 0 N–H and O–H groups in total. The van der Waals surface area contributed by atoms with Crippen molar-refractivity contribution >= 4 is 17.4 Å². The van der Waals surface area contributed by atoms with Crippen molar-refractivity contribution in [3.63, 3.8) is 0 Å². The molecule has 0 atom stereocenters. The van der Waals surface area contributed by atoms with E-state index in [1.807, 2.05) is 25.1 Å². The number of hydrogen-bond donors (Lipinski definition) is 0. The Morgan fingerprint density at radius 1 is 1.41 bits per heavy atom. The highest BCUT2D eigenvalue weighted by Gasteiger charge is 2.13. The normalized spacial score (nSPS) is 10.6. The molecule has 0 unspecified atom stereocenters. The van der Waals surface area contributed by atoms with Crippen molar-refractivity contribution in [2.45, 2.75) is 33.1 Å². The Balaban J connectivity index is 3.07. The van der Waals surface area contributed by atoms with Crippen LogP contribution in [0.4, 0.5) is 0 Å². The summed E-state index contributed by atoms with van der Waals surface area (Å²) < 4.78 is 5.56. The van der Waals surface area contributed by atoms with Crippen LogP contribution >= 0.6 is 11.6 Å². The minimum Gasteiger partial charge on any atom is -0.493 e. The molecule has 0 saturated carbocycles. The monoisotopic (exact) mass is 254 g/mol. The van der Waals surface area contributed by atoms with Gasteiger partial charge in [-0.05, 0) is 30.0 Å². The van der Waals surface area contributed by atoms with Crippen LogP contribution in [0.2, 0.25) is 0 Å². The summed E-state index contributed by atoms with van der Waals surface area (Å²) in [7, 11) is 0. The molecule has 0 radical (unpaired) electrons. The number of hydrogen-bond acceptors (Lipinski definition) is 2. The Morgan fingerprint density at radius 2 is 2.12 bits per heavy atom. The minimum atomic E-state index is -0.0831. The highest BCUT2D eigenvalue weighted by Crippen LogP contribution is 2.25. The fraction of sp³-hybridized carbons (Fsp3) is 0.500. The van der Waals surface area contributed by atoms with Gasteiger partial charge >= 0.3 is 0 Å². The molecule has 0 saturated heterocycles. The second-order valence-corrected chi connectivity index (χ2v) is 4.58. The SMILES string of the molecule is CCCOc1ccc(C(C)C)cc1C(=O)CCl. The van der Waals surface area contributed by atoms with Gasteiger partial charge in [-0.3, -0.25) is 4.79 Å². The molecule has 0 aromatic heterocycles. The van der Waals surface area contributed by atoms with Crippen molar-refractivity contribution in [2.24, 2.45) is 0 Å². The van der Waals surface area contributed by atoms with Crippen LogP contribution < -0.4 is 4.74 Å². The van der Waals surface area contributed by atoms with Crippen molar-refractivity contribution < 1.29 is 9.53 Å². The molecule has 1 rings (SSSR count). The molecular formula is C14H19ClO2. The van der Waals surface area contributed by atoms with Crippen LogP contribution in [0, 0.1) is 0 Å². The summed E-state index contributed by atoms with van der Waals surface area (Å²) in [5.41, 5.74) is 1.72. The average molecular weight is 255 g/mol.